The van der Waals surface area contributed by atoms with Gasteiger partial charge in [0.1, 0.15) is 11.5 Å². The number of likely N-dealkylation sites (N-methyl/N-ethyl adjacent to an activating group) is 1. The van der Waals surface area contributed by atoms with Crippen LogP contribution < -0.4 is 4.90 Å². The molecule has 1 saturated carbocycles. The molecule has 1 aliphatic carbocycles. The highest BCUT2D eigenvalue weighted by atomic mass is 16.5. The number of piperazine rings is 1. The molecule has 5 heterocycles. The van der Waals surface area contributed by atoms with E-state index in [0.717, 1.165) is 44.7 Å². The van der Waals surface area contributed by atoms with Crippen LogP contribution in [-0.2, 0) is 11.3 Å². The van der Waals surface area contributed by atoms with Gasteiger partial charge in [-0.2, -0.15) is 0 Å². The Balaban J connectivity index is 1.40. The number of aryl methyl sites for hydroxylation is 1. The van der Waals surface area contributed by atoms with Crippen molar-refractivity contribution in [2.75, 3.05) is 45.2 Å². The lowest BCUT2D eigenvalue weighted by Gasteiger charge is -2.39. The predicted octanol–water partition coefficient (Wildman–Crippen LogP) is 4.37. The van der Waals surface area contributed by atoms with Gasteiger partial charge in [-0.05, 0) is 76.9 Å². The zero-order chi connectivity index (χ0) is 23.9. The van der Waals surface area contributed by atoms with Gasteiger partial charge in [0, 0.05) is 32.4 Å². The smallest absolute Gasteiger partial charge is 0.138 e. The molecule has 2 unspecified atom stereocenters. The summed E-state index contributed by atoms with van der Waals surface area (Å²) >= 11 is 0. The molecule has 0 spiro atoms. The van der Waals surface area contributed by atoms with Gasteiger partial charge in [-0.25, -0.2) is 4.98 Å². The van der Waals surface area contributed by atoms with Crippen LogP contribution in [-0.4, -0.2) is 70.5 Å². The molecule has 0 radical (unpaired) electrons. The van der Waals surface area contributed by atoms with Gasteiger partial charge in [-0.3, -0.25) is 14.3 Å². The Morgan fingerprint density at radius 3 is 2.43 bits per heavy atom. The number of pyridine rings is 2. The molecular weight excluding hydrogens is 436 g/mol. The summed E-state index contributed by atoms with van der Waals surface area (Å²) in [4.78, 5) is 17.5. The van der Waals surface area contributed by atoms with Crippen molar-refractivity contribution in [2.45, 2.75) is 63.8 Å². The fourth-order valence-electron chi connectivity index (χ4n) is 5.91. The summed E-state index contributed by atoms with van der Waals surface area (Å²) in [6.07, 6.45) is 8.14. The summed E-state index contributed by atoms with van der Waals surface area (Å²) < 4.78 is 8.74. The van der Waals surface area contributed by atoms with Crippen LogP contribution >= 0.6 is 0 Å². The van der Waals surface area contributed by atoms with Crippen LogP contribution in [0.1, 0.15) is 66.8 Å². The third kappa shape index (κ3) is 4.46. The average Bonchev–Trinajstić information content (AvgIpc) is 3.63. The number of likely N-dealkylation sites (tertiary alicyclic amines) is 1. The largest absolute Gasteiger partial charge is 0.372 e. The molecule has 3 aromatic rings. The third-order valence-electron chi connectivity index (χ3n) is 8.18. The SMILES string of the molecule is Cc1cccnc1C1CCCC(c2nc3cccc(N4CCN(C)CC4)n3c2COC2CC2)N1C. The Bertz CT molecular complexity index is 1180. The molecule has 186 valence electrons. The highest BCUT2D eigenvalue weighted by Crippen LogP contribution is 2.42. The number of ether oxygens (including phenoxy) is 1. The lowest BCUT2D eigenvalue weighted by molar-refractivity contribution is 0.0909. The standard InChI is InChI=1S/C28H38N6O/c1-20-7-6-14-29-27(20)22-8-4-9-23(32(22)3)28-24(19-35-21-12-13-21)34-25(30-28)10-5-11-26(34)33-17-15-31(2)16-18-33/h5-7,10-11,14,21-23H,4,8-9,12-13,15-19H2,1-3H3. The second-order valence-corrected chi connectivity index (χ2v) is 10.7. The molecule has 0 N–H and O–H groups in total. The molecule has 2 saturated heterocycles. The zero-order valence-electron chi connectivity index (χ0n) is 21.4. The average molecular weight is 475 g/mol. The lowest BCUT2D eigenvalue weighted by atomic mass is 9.90. The first-order chi connectivity index (χ1) is 17.1. The van der Waals surface area contributed by atoms with Crippen LogP contribution in [0.3, 0.4) is 0 Å². The Hall–Kier alpha value is -2.48. The molecule has 2 atom stereocenters. The van der Waals surface area contributed by atoms with Gasteiger partial charge in [0.2, 0.25) is 0 Å². The van der Waals surface area contributed by atoms with Crippen LogP contribution in [0.2, 0.25) is 0 Å². The second-order valence-electron chi connectivity index (χ2n) is 10.7. The normalized spacial score (nSPS) is 24.4. The molecule has 0 bridgehead atoms. The fourth-order valence-corrected chi connectivity index (χ4v) is 5.91. The van der Waals surface area contributed by atoms with Crippen molar-refractivity contribution in [3.63, 3.8) is 0 Å². The van der Waals surface area contributed by atoms with E-state index in [9.17, 15) is 0 Å². The topological polar surface area (TPSA) is 49.1 Å². The highest BCUT2D eigenvalue weighted by Gasteiger charge is 2.35. The van der Waals surface area contributed by atoms with Gasteiger partial charge >= 0.3 is 0 Å². The first-order valence-corrected chi connectivity index (χ1v) is 13.3. The maximum Gasteiger partial charge on any atom is 0.138 e. The van der Waals surface area contributed by atoms with Crippen molar-refractivity contribution in [3.8, 4) is 0 Å². The van der Waals surface area contributed by atoms with Crippen molar-refractivity contribution in [2.24, 2.45) is 0 Å². The number of imidazole rings is 1. The summed E-state index contributed by atoms with van der Waals surface area (Å²) in [6.45, 7) is 7.06. The molecule has 35 heavy (non-hydrogen) atoms. The van der Waals surface area contributed by atoms with E-state index in [0.29, 0.717) is 18.8 Å². The summed E-state index contributed by atoms with van der Waals surface area (Å²) in [5, 5.41) is 0. The lowest BCUT2D eigenvalue weighted by Crippen LogP contribution is -2.45. The number of hydrogen-bond acceptors (Lipinski definition) is 6. The Labute approximate surface area is 208 Å². The van der Waals surface area contributed by atoms with E-state index < -0.39 is 0 Å². The predicted molar refractivity (Wildman–Crippen MR) is 139 cm³/mol. The monoisotopic (exact) mass is 474 g/mol. The van der Waals surface area contributed by atoms with Crippen molar-refractivity contribution in [1.29, 1.82) is 0 Å². The third-order valence-corrected chi connectivity index (χ3v) is 8.18. The number of fused-ring (bicyclic) bond motifs is 1. The van der Waals surface area contributed by atoms with Crippen molar-refractivity contribution >= 4 is 11.5 Å². The molecule has 7 heteroatoms. The van der Waals surface area contributed by atoms with Gasteiger partial charge < -0.3 is 14.5 Å². The summed E-state index contributed by atoms with van der Waals surface area (Å²) in [5.74, 6) is 1.25. The van der Waals surface area contributed by atoms with Crippen LogP contribution in [0, 0.1) is 6.92 Å². The number of piperidine rings is 1. The molecule has 3 fully saturated rings. The number of nitrogens with zero attached hydrogens (tertiary/aromatic N) is 6. The van der Waals surface area contributed by atoms with E-state index in [-0.39, 0.29) is 6.04 Å². The first kappa shape index (κ1) is 23.0. The van der Waals surface area contributed by atoms with E-state index >= 15 is 0 Å². The van der Waals surface area contributed by atoms with E-state index in [1.54, 1.807) is 0 Å². The second kappa shape index (κ2) is 9.52. The molecule has 0 amide bonds. The molecule has 0 aromatic carbocycles. The quantitative estimate of drug-likeness (QED) is 0.529. The number of anilines is 1. The summed E-state index contributed by atoms with van der Waals surface area (Å²) in [5.41, 5.74) is 5.94. The minimum atomic E-state index is 0.258. The van der Waals surface area contributed by atoms with Crippen LogP contribution in [0.15, 0.2) is 36.5 Å². The van der Waals surface area contributed by atoms with Gasteiger partial charge in [-0.1, -0.05) is 12.1 Å². The Kier molecular flexibility index (Phi) is 6.25. The maximum absolute atomic E-state index is 6.34. The molecule has 3 aliphatic rings. The molecule has 2 aliphatic heterocycles. The van der Waals surface area contributed by atoms with Crippen molar-refractivity contribution in [3.05, 3.63) is 59.2 Å². The first-order valence-electron chi connectivity index (χ1n) is 13.3. The van der Waals surface area contributed by atoms with E-state index in [2.05, 4.69) is 64.4 Å². The van der Waals surface area contributed by atoms with E-state index in [1.165, 1.54) is 47.7 Å². The summed E-state index contributed by atoms with van der Waals surface area (Å²) in [7, 11) is 4.47. The molecule has 6 rings (SSSR count). The van der Waals surface area contributed by atoms with E-state index in [4.69, 9.17) is 14.7 Å². The summed E-state index contributed by atoms with van der Waals surface area (Å²) in [6, 6.07) is 11.4. The Morgan fingerprint density at radius 1 is 0.914 bits per heavy atom. The van der Waals surface area contributed by atoms with Crippen LogP contribution in [0.5, 0.6) is 0 Å². The van der Waals surface area contributed by atoms with Crippen molar-refractivity contribution in [1.82, 2.24) is 24.2 Å². The minimum absolute atomic E-state index is 0.258. The molecular formula is C28H38N6O. The molecule has 3 aromatic heterocycles. The van der Waals surface area contributed by atoms with Crippen LogP contribution in [0.25, 0.3) is 5.65 Å². The zero-order valence-corrected chi connectivity index (χ0v) is 21.4. The van der Waals surface area contributed by atoms with E-state index in [1.807, 2.05) is 12.3 Å². The van der Waals surface area contributed by atoms with Gasteiger partial charge in [0.05, 0.1) is 41.9 Å². The number of hydrogen-bond donors (Lipinski definition) is 0. The van der Waals surface area contributed by atoms with Gasteiger partial charge in [0.15, 0.2) is 0 Å². The maximum atomic E-state index is 6.34. The highest BCUT2D eigenvalue weighted by molar-refractivity contribution is 5.55. The van der Waals surface area contributed by atoms with Crippen LogP contribution in [0.4, 0.5) is 5.82 Å². The Morgan fingerprint density at radius 2 is 1.69 bits per heavy atom. The van der Waals surface area contributed by atoms with Crippen molar-refractivity contribution < 1.29 is 4.74 Å². The molecule has 7 nitrogen and oxygen atoms in total. The number of rotatable bonds is 6. The minimum Gasteiger partial charge on any atom is -0.372 e. The van der Waals surface area contributed by atoms with Gasteiger partial charge in [-0.15, -0.1) is 0 Å². The van der Waals surface area contributed by atoms with Gasteiger partial charge in [0.25, 0.3) is 0 Å². The fraction of sp³-hybridized carbons (Fsp3) is 0.571. The number of aromatic nitrogens is 3.